The first-order valence-electron chi connectivity index (χ1n) is 11.2. The van der Waals surface area contributed by atoms with Crippen LogP contribution in [0.25, 0.3) is 5.65 Å². The van der Waals surface area contributed by atoms with E-state index in [1.165, 1.54) is 23.7 Å². The molecule has 0 aliphatic carbocycles. The van der Waals surface area contributed by atoms with Gasteiger partial charge in [-0.15, -0.1) is 0 Å². The molecule has 0 amide bonds. The Kier molecular flexibility index (Phi) is 3.97. The van der Waals surface area contributed by atoms with Crippen LogP contribution in [0, 0.1) is 5.82 Å². The van der Waals surface area contributed by atoms with E-state index in [0.29, 0.717) is 25.2 Å². The van der Waals surface area contributed by atoms with E-state index in [9.17, 15) is 14.3 Å². The molecule has 2 atom stereocenters. The zero-order valence-electron chi connectivity index (χ0n) is 19.7. The molecule has 1 fully saturated rings. The maximum Gasteiger partial charge on any atom is 0.341 e. The Morgan fingerprint density at radius 2 is 2.34 bits per heavy atom. The van der Waals surface area contributed by atoms with E-state index in [1.54, 1.807) is 12.3 Å². The zero-order chi connectivity index (χ0) is 24.1. The molecule has 4 rings (SSSR count). The van der Waals surface area contributed by atoms with Crippen LogP contribution in [0.4, 0.5) is 10.2 Å². The van der Waals surface area contributed by atoms with Gasteiger partial charge in [0, 0.05) is 30.0 Å². The normalized spacial score (nSPS) is 20.8. The fourth-order valence-electron chi connectivity index (χ4n) is 3.53. The van der Waals surface area contributed by atoms with Crippen LogP contribution in [0.2, 0.25) is 0 Å². The highest BCUT2D eigenvalue weighted by molar-refractivity contribution is 5.94. The molecule has 152 valence electrons. The standard InChI is InChI=1S/C20H23FN6O2/c1-12(22)4-5-16-14(9-13(21)10-23-16)17-3-2-7-26(17)18-6-8-27-19(25-18)15(11-24-27)20(28)29/h6,8-12,17H,2-5,7,22H2,1H3,(H,28,29)/t12-,17?/m1/s1/i4D2,5D2. The van der Waals surface area contributed by atoms with Crippen LogP contribution in [0.15, 0.2) is 30.7 Å². The van der Waals surface area contributed by atoms with Gasteiger partial charge in [0.2, 0.25) is 0 Å². The van der Waals surface area contributed by atoms with Gasteiger partial charge in [0.1, 0.15) is 17.2 Å². The molecule has 4 heterocycles. The largest absolute Gasteiger partial charge is 0.477 e. The van der Waals surface area contributed by atoms with Crippen LogP contribution < -0.4 is 10.6 Å². The van der Waals surface area contributed by atoms with Gasteiger partial charge >= 0.3 is 5.97 Å². The lowest BCUT2D eigenvalue weighted by molar-refractivity contribution is 0.0698. The summed E-state index contributed by atoms with van der Waals surface area (Å²) in [5.74, 6) is -1.43. The maximum atomic E-state index is 14.3. The number of carboxylic acids is 1. The van der Waals surface area contributed by atoms with Crippen molar-refractivity contribution in [3.63, 3.8) is 0 Å². The fourth-order valence-corrected chi connectivity index (χ4v) is 3.53. The van der Waals surface area contributed by atoms with Gasteiger partial charge in [-0.25, -0.2) is 18.7 Å². The van der Waals surface area contributed by atoms with Crippen molar-refractivity contribution in [3.05, 3.63) is 53.4 Å². The van der Waals surface area contributed by atoms with Crippen LogP contribution in [0.3, 0.4) is 0 Å². The Balaban J connectivity index is 1.82. The first kappa shape index (κ1) is 14.9. The first-order valence-corrected chi connectivity index (χ1v) is 9.21. The van der Waals surface area contributed by atoms with Crippen LogP contribution >= 0.6 is 0 Å². The summed E-state index contributed by atoms with van der Waals surface area (Å²) in [4.78, 5) is 21.7. The van der Waals surface area contributed by atoms with Gasteiger partial charge in [-0.2, -0.15) is 5.10 Å². The number of halogens is 1. The van der Waals surface area contributed by atoms with E-state index in [1.807, 2.05) is 4.90 Å². The second-order valence-corrected chi connectivity index (χ2v) is 6.92. The quantitative estimate of drug-likeness (QED) is 0.652. The molecule has 0 bridgehead atoms. The van der Waals surface area contributed by atoms with Crippen LogP contribution in [0.5, 0.6) is 0 Å². The number of nitrogens with two attached hydrogens (primary N) is 1. The molecule has 0 spiro atoms. The molecule has 3 aromatic rings. The summed E-state index contributed by atoms with van der Waals surface area (Å²) in [5, 5.41) is 13.4. The highest BCUT2D eigenvalue weighted by atomic mass is 19.1. The number of carbonyl (C=O) groups is 1. The molecule has 1 unspecified atom stereocenters. The van der Waals surface area contributed by atoms with Gasteiger partial charge in [-0.05, 0) is 50.2 Å². The number of aromatic nitrogens is 4. The average molecular weight is 402 g/mol. The lowest BCUT2D eigenvalue weighted by atomic mass is 9.98. The van der Waals surface area contributed by atoms with Crippen LogP contribution in [-0.2, 0) is 6.37 Å². The molecule has 0 saturated carbocycles. The number of aryl methyl sites for hydroxylation is 1. The number of hydrogen-bond acceptors (Lipinski definition) is 6. The minimum absolute atomic E-state index is 0.0674. The van der Waals surface area contributed by atoms with Gasteiger partial charge in [-0.3, -0.25) is 4.98 Å². The highest BCUT2D eigenvalue weighted by Gasteiger charge is 2.30. The van der Waals surface area contributed by atoms with E-state index in [-0.39, 0.29) is 22.5 Å². The van der Waals surface area contributed by atoms with Crippen molar-refractivity contribution in [2.75, 3.05) is 11.4 Å². The van der Waals surface area contributed by atoms with Crippen molar-refractivity contribution in [2.24, 2.45) is 5.73 Å². The minimum Gasteiger partial charge on any atom is -0.477 e. The maximum absolute atomic E-state index is 14.3. The van der Waals surface area contributed by atoms with Crippen molar-refractivity contribution < 1.29 is 19.8 Å². The third kappa shape index (κ3) is 3.77. The van der Waals surface area contributed by atoms with Crippen molar-refractivity contribution in [3.8, 4) is 0 Å². The minimum atomic E-state index is -2.60. The van der Waals surface area contributed by atoms with E-state index < -0.39 is 36.6 Å². The van der Waals surface area contributed by atoms with Crippen molar-refractivity contribution in [1.29, 1.82) is 0 Å². The summed E-state index contributed by atoms with van der Waals surface area (Å²) in [6.45, 7) is 1.87. The fraction of sp³-hybridized carbons (Fsp3) is 0.400. The number of fused-ring (bicyclic) bond motifs is 1. The molecule has 29 heavy (non-hydrogen) atoms. The summed E-state index contributed by atoms with van der Waals surface area (Å²) >= 11 is 0. The summed E-state index contributed by atoms with van der Waals surface area (Å²) < 4.78 is 49.1. The molecular weight excluding hydrogens is 375 g/mol. The second kappa shape index (κ2) is 7.75. The molecule has 1 aliphatic heterocycles. The highest BCUT2D eigenvalue weighted by Crippen LogP contribution is 2.37. The van der Waals surface area contributed by atoms with Crippen LogP contribution in [0.1, 0.15) is 59.3 Å². The van der Waals surface area contributed by atoms with Crippen molar-refractivity contribution >= 4 is 17.4 Å². The first-order chi connectivity index (χ1) is 15.4. The van der Waals surface area contributed by atoms with Crippen molar-refractivity contribution in [2.45, 2.75) is 44.6 Å². The number of anilines is 1. The predicted octanol–water partition coefficient (Wildman–Crippen LogP) is 2.58. The summed E-state index contributed by atoms with van der Waals surface area (Å²) in [6.07, 6.45) is -0.232. The van der Waals surface area contributed by atoms with Crippen molar-refractivity contribution in [1.82, 2.24) is 19.6 Å². The Morgan fingerprint density at radius 1 is 1.52 bits per heavy atom. The Labute approximate surface area is 172 Å². The summed E-state index contributed by atoms with van der Waals surface area (Å²) in [7, 11) is 0. The van der Waals surface area contributed by atoms with Gasteiger partial charge in [0.15, 0.2) is 5.65 Å². The molecule has 1 aliphatic rings. The monoisotopic (exact) mass is 402 g/mol. The number of pyridine rings is 1. The van der Waals surface area contributed by atoms with Gasteiger partial charge in [0.25, 0.3) is 0 Å². The molecular formula is C20H23FN6O2. The summed E-state index contributed by atoms with van der Waals surface area (Å²) in [5.41, 5.74) is 5.79. The number of carboxylic acid groups (broad SMARTS) is 1. The molecule has 0 aromatic carbocycles. The molecule has 0 radical (unpaired) electrons. The Bertz CT molecular complexity index is 1220. The molecule has 8 nitrogen and oxygen atoms in total. The predicted molar refractivity (Wildman–Crippen MR) is 105 cm³/mol. The smallest absolute Gasteiger partial charge is 0.341 e. The molecule has 3 N–H and O–H groups in total. The number of rotatable bonds is 6. The SMILES string of the molecule is [2H]C([2H])(c1ncc(F)cc1C1CCCN1c1ccn2ncc(C(=O)O)c2n1)C([2H])([2H])[C@@H](C)N. The molecule has 9 heteroatoms. The number of hydrogen-bond donors (Lipinski definition) is 2. The number of nitrogens with zero attached hydrogens (tertiary/aromatic N) is 5. The third-order valence-corrected chi connectivity index (χ3v) is 4.79. The molecule has 3 aromatic heterocycles. The topological polar surface area (TPSA) is 110 Å². The second-order valence-electron chi connectivity index (χ2n) is 6.92. The van der Waals surface area contributed by atoms with E-state index in [2.05, 4.69) is 15.1 Å². The van der Waals surface area contributed by atoms with Gasteiger partial charge < -0.3 is 15.7 Å². The van der Waals surface area contributed by atoms with E-state index >= 15 is 0 Å². The van der Waals surface area contributed by atoms with Gasteiger partial charge in [0.05, 0.1) is 18.4 Å². The number of aromatic carboxylic acids is 1. The average Bonchev–Trinajstić information content (AvgIpc) is 3.39. The molecule has 1 saturated heterocycles. The van der Waals surface area contributed by atoms with Crippen LogP contribution in [-0.4, -0.2) is 43.2 Å². The Morgan fingerprint density at radius 3 is 3.10 bits per heavy atom. The third-order valence-electron chi connectivity index (χ3n) is 4.79. The Hall–Kier alpha value is -3.07. The van der Waals surface area contributed by atoms with E-state index in [4.69, 9.17) is 11.2 Å². The summed E-state index contributed by atoms with van der Waals surface area (Å²) in [6, 6.07) is 1.12. The zero-order valence-corrected chi connectivity index (χ0v) is 15.7. The van der Waals surface area contributed by atoms with Gasteiger partial charge in [-0.1, -0.05) is 0 Å². The lowest BCUT2D eigenvalue weighted by Crippen LogP contribution is -2.25. The lowest BCUT2D eigenvalue weighted by Gasteiger charge is -2.27. The van der Waals surface area contributed by atoms with E-state index in [0.717, 1.165) is 6.20 Å².